The van der Waals surface area contributed by atoms with Crippen LogP contribution in [0.25, 0.3) is 0 Å². The fourth-order valence-corrected chi connectivity index (χ4v) is 3.29. The molecule has 0 amide bonds. The summed E-state index contributed by atoms with van der Waals surface area (Å²) in [5.74, 6) is -0.216. The molecule has 0 fully saturated rings. The van der Waals surface area contributed by atoms with Crippen LogP contribution in [0.3, 0.4) is 0 Å². The van der Waals surface area contributed by atoms with E-state index in [4.69, 9.17) is 23.2 Å². The molecule has 102 valence electrons. The molecule has 0 heterocycles. The maximum absolute atomic E-state index is 12.0. The first-order chi connectivity index (χ1) is 8.22. The predicted molar refractivity (Wildman–Crippen MR) is 73.4 cm³/mol. The van der Waals surface area contributed by atoms with E-state index >= 15 is 0 Å². The van der Waals surface area contributed by atoms with Crippen LogP contribution < -0.4 is 0 Å². The lowest BCUT2D eigenvalue weighted by atomic mass is 10.2. The zero-order valence-corrected chi connectivity index (χ0v) is 12.4. The fourth-order valence-electron chi connectivity index (χ4n) is 1.43. The normalized spacial score (nSPS) is 13.9. The number of hydrogen-bond acceptors (Lipinski definition) is 3. The SMILES string of the molecule is C[C@H](O)CN(C)S(=O)(=O)Cc1ccc(Cl)cc1Cl. The van der Waals surface area contributed by atoms with Gasteiger partial charge >= 0.3 is 0 Å². The molecule has 7 heteroatoms. The van der Waals surface area contributed by atoms with Crippen molar-refractivity contribution in [2.45, 2.75) is 18.8 Å². The van der Waals surface area contributed by atoms with Crippen molar-refractivity contribution in [1.82, 2.24) is 4.31 Å². The Labute approximate surface area is 117 Å². The molecule has 0 saturated heterocycles. The van der Waals surface area contributed by atoms with Crippen molar-refractivity contribution in [1.29, 1.82) is 0 Å². The van der Waals surface area contributed by atoms with Gasteiger partial charge in [-0.1, -0.05) is 29.3 Å². The van der Waals surface area contributed by atoms with Crippen molar-refractivity contribution in [2.75, 3.05) is 13.6 Å². The highest BCUT2D eigenvalue weighted by molar-refractivity contribution is 7.88. The molecule has 0 bridgehead atoms. The van der Waals surface area contributed by atoms with Crippen molar-refractivity contribution in [3.63, 3.8) is 0 Å². The molecule has 1 N–H and O–H groups in total. The molecule has 0 radical (unpaired) electrons. The third-order valence-electron chi connectivity index (χ3n) is 2.35. The van der Waals surface area contributed by atoms with Gasteiger partial charge in [0.05, 0.1) is 11.9 Å². The number of sulfonamides is 1. The average Bonchev–Trinajstić information content (AvgIpc) is 2.21. The quantitative estimate of drug-likeness (QED) is 0.906. The van der Waals surface area contributed by atoms with E-state index < -0.39 is 16.1 Å². The highest BCUT2D eigenvalue weighted by Gasteiger charge is 2.21. The van der Waals surface area contributed by atoms with Crippen molar-refractivity contribution in [2.24, 2.45) is 0 Å². The first-order valence-corrected chi connectivity index (χ1v) is 7.65. The van der Waals surface area contributed by atoms with Gasteiger partial charge in [-0.15, -0.1) is 0 Å². The van der Waals surface area contributed by atoms with Crippen molar-refractivity contribution in [3.8, 4) is 0 Å². The second kappa shape index (κ2) is 6.21. The Bertz CT molecular complexity index is 517. The minimum absolute atomic E-state index is 0.0491. The van der Waals surface area contributed by atoms with Crippen LogP contribution in [-0.2, 0) is 15.8 Å². The molecule has 0 aliphatic carbocycles. The molecule has 18 heavy (non-hydrogen) atoms. The van der Waals surface area contributed by atoms with E-state index in [-0.39, 0.29) is 12.3 Å². The van der Waals surface area contributed by atoms with E-state index in [1.54, 1.807) is 12.1 Å². The molecular formula is C11H15Cl2NO3S. The van der Waals surface area contributed by atoms with Gasteiger partial charge in [0.2, 0.25) is 10.0 Å². The van der Waals surface area contributed by atoms with Crippen molar-refractivity contribution in [3.05, 3.63) is 33.8 Å². The lowest BCUT2D eigenvalue weighted by Crippen LogP contribution is -2.34. The van der Waals surface area contributed by atoms with Crippen LogP contribution in [0.15, 0.2) is 18.2 Å². The second-order valence-corrected chi connectivity index (χ2v) is 7.04. The number of rotatable bonds is 5. The highest BCUT2D eigenvalue weighted by Crippen LogP contribution is 2.23. The zero-order valence-electron chi connectivity index (χ0n) is 10.1. The summed E-state index contributed by atoms with van der Waals surface area (Å²) in [4.78, 5) is 0. The van der Waals surface area contributed by atoms with Gasteiger partial charge in [0.25, 0.3) is 0 Å². The van der Waals surface area contributed by atoms with Crippen LogP contribution in [0, 0.1) is 0 Å². The first kappa shape index (κ1) is 15.7. The van der Waals surface area contributed by atoms with Gasteiger partial charge in [0.15, 0.2) is 0 Å². The molecule has 1 atom stereocenters. The molecule has 0 unspecified atom stereocenters. The van der Waals surface area contributed by atoms with Crippen LogP contribution in [0.4, 0.5) is 0 Å². The van der Waals surface area contributed by atoms with Gasteiger partial charge < -0.3 is 5.11 Å². The number of hydrogen-bond donors (Lipinski definition) is 1. The summed E-state index contributed by atoms with van der Waals surface area (Å²) >= 11 is 11.7. The Morgan fingerprint density at radius 2 is 2.00 bits per heavy atom. The minimum atomic E-state index is -3.50. The summed E-state index contributed by atoms with van der Waals surface area (Å²) in [6.07, 6.45) is -0.717. The fraction of sp³-hybridized carbons (Fsp3) is 0.455. The number of halogens is 2. The Hall–Kier alpha value is -0.330. The third-order valence-corrected chi connectivity index (χ3v) is 4.71. The van der Waals surface area contributed by atoms with E-state index in [0.717, 1.165) is 4.31 Å². The van der Waals surface area contributed by atoms with E-state index in [2.05, 4.69) is 0 Å². The largest absolute Gasteiger partial charge is 0.392 e. The Balaban J connectivity index is 2.88. The molecule has 0 saturated carbocycles. The minimum Gasteiger partial charge on any atom is -0.392 e. The van der Waals surface area contributed by atoms with Crippen LogP contribution in [0.5, 0.6) is 0 Å². The summed E-state index contributed by atoms with van der Waals surface area (Å²) in [6.45, 7) is 1.58. The summed E-state index contributed by atoms with van der Waals surface area (Å²) in [6, 6.07) is 4.67. The Morgan fingerprint density at radius 1 is 1.39 bits per heavy atom. The monoisotopic (exact) mass is 311 g/mol. The van der Waals surface area contributed by atoms with Crippen molar-refractivity contribution >= 4 is 33.2 Å². The highest BCUT2D eigenvalue weighted by atomic mass is 35.5. The van der Waals surface area contributed by atoms with Gasteiger partial charge in [-0.3, -0.25) is 0 Å². The lowest BCUT2D eigenvalue weighted by Gasteiger charge is -2.19. The molecule has 0 aliphatic heterocycles. The van der Waals surface area contributed by atoms with Gasteiger partial charge in [0.1, 0.15) is 0 Å². The number of benzene rings is 1. The van der Waals surface area contributed by atoms with E-state index in [0.29, 0.717) is 15.6 Å². The molecule has 1 aromatic carbocycles. The van der Waals surface area contributed by atoms with Gasteiger partial charge in [-0.05, 0) is 24.6 Å². The van der Waals surface area contributed by atoms with Crippen LogP contribution >= 0.6 is 23.2 Å². The molecule has 0 aromatic heterocycles. The van der Waals surface area contributed by atoms with E-state index in [1.165, 1.54) is 20.0 Å². The Morgan fingerprint density at radius 3 is 2.50 bits per heavy atom. The van der Waals surface area contributed by atoms with Gasteiger partial charge in [-0.25, -0.2) is 12.7 Å². The standard InChI is InChI=1S/C11H15Cl2NO3S/c1-8(15)6-14(2)18(16,17)7-9-3-4-10(12)5-11(9)13/h3-5,8,15H,6-7H2,1-2H3/t8-/m0/s1. The first-order valence-electron chi connectivity index (χ1n) is 5.28. The summed E-state index contributed by atoms with van der Waals surface area (Å²) in [7, 11) is -2.08. The Kier molecular flexibility index (Phi) is 5.43. The summed E-state index contributed by atoms with van der Waals surface area (Å²) in [5.41, 5.74) is 0.485. The smallest absolute Gasteiger partial charge is 0.218 e. The molecule has 1 rings (SSSR count). The maximum atomic E-state index is 12.0. The van der Waals surface area contributed by atoms with E-state index in [1.807, 2.05) is 0 Å². The molecular weight excluding hydrogens is 297 g/mol. The van der Waals surface area contributed by atoms with Crippen LogP contribution in [0.1, 0.15) is 12.5 Å². The maximum Gasteiger partial charge on any atom is 0.218 e. The third kappa shape index (κ3) is 4.40. The van der Waals surface area contributed by atoms with Gasteiger partial charge in [-0.2, -0.15) is 0 Å². The number of aliphatic hydroxyl groups is 1. The summed E-state index contributed by atoms with van der Waals surface area (Å²) < 4.78 is 25.1. The predicted octanol–water partition coefficient (Wildman–Crippen LogP) is 2.14. The average molecular weight is 312 g/mol. The summed E-state index contributed by atoms with van der Waals surface area (Å²) in [5, 5.41) is 9.97. The number of nitrogens with zero attached hydrogens (tertiary/aromatic N) is 1. The van der Waals surface area contributed by atoms with Crippen LogP contribution in [0.2, 0.25) is 10.0 Å². The van der Waals surface area contributed by atoms with E-state index in [9.17, 15) is 13.5 Å². The van der Waals surface area contributed by atoms with Crippen molar-refractivity contribution < 1.29 is 13.5 Å². The van der Waals surface area contributed by atoms with Crippen LogP contribution in [-0.4, -0.2) is 37.5 Å². The molecule has 4 nitrogen and oxygen atoms in total. The second-order valence-electron chi connectivity index (χ2n) is 4.12. The van der Waals surface area contributed by atoms with Gasteiger partial charge in [0, 0.05) is 23.6 Å². The molecule has 1 aromatic rings. The topological polar surface area (TPSA) is 57.6 Å². The number of likely N-dealkylation sites (N-methyl/N-ethyl adjacent to an activating group) is 1. The number of aliphatic hydroxyl groups excluding tert-OH is 1. The molecule has 0 spiro atoms. The lowest BCUT2D eigenvalue weighted by molar-refractivity contribution is 0.171. The zero-order chi connectivity index (χ0) is 13.9. The molecule has 0 aliphatic rings.